The molecule has 2 aromatic rings. The summed E-state index contributed by atoms with van der Waals surface area (Å²) in [5.41, 5.74) is 3.02. The highest BCUT2D eigenvalue weighted by atomic mass is 16.6. The second-order valence-electron chi connectivity index (χ2n) is 7.22. The Morgan fingerprint density at radius 3 is 2.61 bits per heavy atom. The predicted octanol–water partition coefficient (Wildman–Crippen LogP) is 3.56. The van der Waals surface area contributed by atoms with Crippen LogP contribution >= 0.6 is 0 Å². The van der Waals surface area contributed by atoms with Gasteiger partial charge in [0.2, 0.25) is 0 Å². The van der Waals surface area contributed by atoms with Gasteiger partial charge in [-0.3, -0.25) is 0 Å². The summed E-state index contributed by atoms with van der Waals surface area (Å²) >= 11 is 0. The number of aryl methyl sites for hydroxylation is 2. The van der Waals surface area contributed by atoms with Crippen LogP contribution < -0.4 is 10.1 Å². The van der Waals surface area contributed by atoms with Crippen LogP contribution in [0.5, 0.6) is 5.88 Å². The van der Waals surface area contributed by atoms with E-state index in [9.17, 15) is 4.79 Å². The highest BCUT2D eigenvalue weighted by Gasteiger charge is 2.24. The predicted molar refractivity (Wildman–Crippen MR) is 107 cm³/mol. The second kappa shape index (κ2) is 9.39. The highest BCUT2D eigenvalue weighted by Crippen LogP contribution is 2.22. The van der Waals surface area contributed by atoms with Crippen LogP contribution in [0.15, 0.2) is 30.5 Å². The average molecular weight is 384 g/mol. The number of nitrogens with zero attached hydrogens (tertiary/aromatic N) is 3. The van der Waals surface area contributed by atoms with Gasteiger partial charge in [0.25, 0.3) is 5.88 Å². The zero-order valence-electron chi connectivity index (χ0n) is 16.8. The molecular weight excluding hydrogens is 356 g/mol. The smallest absolute Gasteiger partial charge is 0.410 e. The number of carbonyl (C=O) groups excluding carboxylic acids is 1. The summed E-state index contributed by atoms with van der Waals surface area (Å²) in [6.07, 6.45) is 3.33. The van der Waals surface area contributed by atoms with E-state index >= 15 is 0 Å². The van der Waals surface area contributed by atoms with E-state index < -0.39 is 0 Å². The monoisotopic (exact) mass is 384 g/mol. The van der Waals surface area contributed by atoms with Crippen molar-refractivity contribution in [2.45, 2.75) is 33.3 Å². The Kier molecular flexibility index (Phi) is 6.68. The van der Waals surface area contributed by atoms with Crippen molar-refractivity contribution in [2.24, 2.45) is 5.92 Å². The van der Waals surface area contributed by atoms with E-state index in [0.29, 0.717) is 37.3 Å². The molecule has 1 fully saturated rings. The minimum Gasteiger partial charge on any atom is -0.478 e. The average Bonchev–Trinajstić information content (AvgIpc) is 2.72. The Balaban J connectivity index is 1.41. The highest BCUT2D eigenvalue weighted by molar-refractivity contribution is 5.67. The standard InChI is InChI=1S/C21H28N4O3/c1-15-4-6-18(7-5-15)14-28-21(26)25-10-8-17(9-11-25)13-23-19-20(27-3)24-16(2)12-22-19/h4-7,12,17H,8-11,13-14H2,1-3H3,(H,22,23). The maximum Gasteiger partial charge on any atom is 0.410 e. The topological polar surface area (TPSA) is 76.6 Å². The van der Waals surface area contributed by atoms with Crippen LogP contribution in [0.4, 0.5) is 10.6 Å². The summed E-state index contributed by atoms with van der Waals surface area (Å²) in [5.74, 6) is 1.64. The lowest BCUT2D eigenvalue weighted by Crippen LogP contribution is -2.40. The van der Waals surface area contributed by atoms with Gasteiger partial charge < -0.3 is 19.7 Å². The third kappa shape index (κ3) is 5.34. The Morgan fingerprint density at radius 1 is 1.21 bits per heavy atom. The Labute approximate surface area is 166 Å². The normalized spacial score (nSPS) is 14.6. The van der Waals surface area contributed by atoms with Gasteiger partial charge in [0.05, 0.1) is 19.0 Å². The number of likely N-dealkylation sites (tertiary alicyclic amines) is 1. The number of carbonyl (C=O) groups is 1. The van der Waals surface area contributed by atoms with Crippen LogP contribution in [0.1, 0.15) is 29.7 Å². The van der Waals surface area contributed by atoms with E-state index in [0.717, 1.165) is 30.6 Å². The van der Waals surface area contributed by atoms with Crippen molar-refractivity contribution in [1.82, 2.24) is 14.9 Å². The van der Waals surface area contributed by atoms with Crippen molar-refractivity contribution in [3.05, 3.63) is 47.3 Å². The molecule has 1 N–H and O–H groups in total. The summed E-state index contributed by atoms with van der Waals surface area (Å²) in [4.78, 5) is 22.8. The maximum atomic E-state index is 12.3. The fraction of sp³-hybridized carbons (Fsp3) is 0.476. The van der Waals surface area contributed by atoms with Crippen LogP contribution in [-0.2, 0) is 11.3 Å². The fourth-order valence-electron chi connectivity index (χ4n) is 3.20. The summed E-state index contributed by atoms with van der Waals surface area (Å²) in [6.45, 7) is 6.42. The summed E-state index contributed by atoms with van der Waals surface area (Å²) in [5, 5.41) is 3.32. The van der Waals surface area contributed by atoms with Gasteiger partial charge in [0, 0.05) is 19.6 Å². The van der Waals surface area contributed by atoms with Crippen LogP contribution in [0.2, 0.25) is 0 Å². The minimum absolute atomic E-state index is 0.238. The number of methoxy groups -OCH3 is 1. The first-order valence-corrected chi connectivity index (χ1v) is 9.64. The summed E-state index contributed by atoms with van der Waals surface area (Å²) < 4.78 is 10.7. The third-order valence-electron chi connectivity index (χ3n) is 4.97. The van der Waals surface area contributed by atoms with E-state index in [1.54, 1.807) is 18.2 Å². The number of anilines is 1. The van der Waals surface area contributed by atoms with E-state index in [2.05, 4.69) is 15.3 Å². The first-order chi connectivity index (χ1) is 13.5. The molecule has 0 saturated carbocycles. The SMILES string of the molecule is COc1nc(C)cnc1NCC1CCN(C(=O)OCc2ccc(C)cc2)CC1. The van der Waals surface area contributed by atoms with E-state index in [1.807, 2.05) is 38.1 Å². The first-order valence-electron chi connectivity index (χ1n) is 9.64. The number of amides is 1. The summed E-state index contributed by atoms with van der Waals surface area (Å²) in [6, 6.07) is 8.02. The molecule has 1 saturated heterocycles. The van der Waals surface area contributed by atoms with Gasteiger partial charge in [0.1, 0.15) is 6.61 Å². The molecule has 28 heavy (non-hydrogen) atoms. The first kappa shape index (κ1) is 19.9. The molecule has 1 aromatic heterocycles. The van der Waals surface area contributed by atoms with Crippen LogP contribution in [0, 0.1) is 19.8 Å². The number of aromatic nitrogens is 2. The Morgan fingerprint density at radius 2 is 1.93 bits per heavy atom. The number of hydrogen-bond acceptors (Lipinski definition) is 6. The number of benzene rings is 1. The molecule has 0 unspecified atom stereocenters. The fourth-order valence-corrected chi connectivity index (χ4v) is 3.20. The van der Waals surface area contributed by atoms with Crippen molar-refractivity contribution in [1.29, 1.82) is 0 Å². The quantitative estimate of drug-likeness (QED) is 0.821. The lowest BCUT2D eigenvalue weighted by Gasteiger charge is -2.31. The molecule has 150 valence electrons. The molecule has 7 nitrogen and oxygen atoms in total. The number of piperidine rings is 1. The molecule has 0 atom stereocenters. The van der Waals surface area contributed by atoms with Gasteiger partial charge >= 0.3 is 6.09 Å². The van der Waals surface area contributed by atoms with E-state index in [1.165, 1.54) is 5.56 Å². The molecule has 1 aromatic carbocycles. The number of rotatable bonds is 6. The largest absolute Gasteiger partial charge is 0.478 e. The van der Waals surface area contributed by atoms with Gasteiger partial charge in [-0.15, -0.1) is 0 Å². The van der Waals surface area contributed by atoms with Crippen LogP contribution in [0.3, 0.4) is 0 Å². The molecule has 0 spiro atoms. The maximum absolute atomic E-state index is 12.3. The number of ether oxygens (including phenoxy) is 2. The van der Waals surface area contributed by atoms with Crippen LogP contribution in [-0.4, -0.2) is 47.7 Å². The van der Waals surface area contributed by atoms with E-state index in [4.69, 9.17) is 9.47 Å². The Bertz CT molecular complexity index is 787. The van der Waals surface area contributed by atoms with Crippen molar-refractivity contribution in [3.63, 3.8) is 0 Å². The van der Waals surface area contributed by atoms with Crippen molar-refractivity contribution < 1.29 is 14.3 Å². The molecule has 1 aliphatic heterocycles. The number of hydrogen-bond donors (Lipinski definition) is 1. The van der Waals surface area contributed by atoms with Crippen molar-refractivity contribution in [3.8, 4) is 5.88 Å². The van der Waals surface area contributed by atoms with E-state index in [-0.39, 0.29) is 6.09 Å². The van der Waals surface area contributed by atoms with Gasteiger partial charge in [-0.1, -0.05) is 29.8 Å². The van der Waals surface area contributed by atoms with Gasteiger partial charge in [-0.25, -0.2) is 14.8 Å². The molecule has 0 bridgehead atoms. The van der Waals surface area contributed by atoms with Gasteiger partial charge in [0.15, 0.2) is 5.82 Å². The van der Waals surface area contributed by atoms with Gasteiger partial charge in [-0.2, -0.15) is 0 Å². The molecule has 2 heterocycles. The molecule has 7 heteroatoms. The molecule has 3 rings (SSSR count). The zero-order valence-corrected chi connectivity index (χ0v) is 16.8. The molecule has 1 amide bonds. The minimum atomic E-state index is -0.238. The van der Waals surface area contributed by atoms with Crippen molar-refractivity contribution >= 4 is 11.9 Å². The molecule has 0 aliphatic carbocycles. The second-order valence-corrected chi connectivity index (χ2v) is 7.22. The zero-order chi connectivity index (χ0) is 19.9. The summed E-state index contributed by atoms with van der Waals surface area (Å²) in [7, 11) is 1.59. The van der Waals surface area contributed by atoms with Crippen LogP contribution in [0.25, 0.3) is 0 Å². The lowest BCUT2D eigenvalue weighted by molar-refractivity contribution is 0.0832. The molecule has 0 radical (unpaired) electrons. The van der Waals surface area contributed by atoms with Crippen molar-refractivity contribution in [2.75, 3.05) is 32.1 Å². The molecule has 1 aliphatic rings. The number of nitrogens with one attached hydrogen (secondary N) is 1. The van der Waals surface area contributed by atoms with Gasteiger partial charge in [-0.05, 0) is 38.2 Å². The third-order valence-corrected chi connectivity index (χ3v) is 4.97. The molecular formula is C21H28N4O3. The Hall–Kier alpha value is -2.83. The lowest BCUT2D eigenvalue weighted by atomic mass is 9.97.